The molecule has 2 fully saturated rings. The maximum atomic E-state index is 13.2. The van der Waals surface area contributed by atoms with Crippen molar-refractivity contribution < 1.29 is 13.2 Å². The Bertz CT molecular complexity index is 1080. The Morgan fingerprint density at radius 2 is 1.72 bits per heavy atom. The van der Waals surface area contributed by atoms with E-state index in [1.54, 1.807) is 24.3 Å². The minimum absolute atomic E-state index is 0.0927. The molecule has 0 spiro atoms. The van der Waals surface area contributed by atoms with Gasteiger partial charge in [0.15, 0.2) is 0 Å². The third kappa shape index (κ3) is 5.11. The molecular formula is C24H32ClN3O3S. The molecule has 1 unspecified atom stereocenters. The van der Waals surface area contributed by atoms with Gasteiger partial charge < -0.3 is 9.80 Å². The molecule has 0 saturated carbocycles. The number of halogens is 1. The first kappa shape index (κ1) is 23.5. The molecule has 1 atom stereocenters. The first-order chi connectivity index (χ1) is 15.2. The third-order valence-corrected chi connectivity index (χ3v) is 8.51. The predicted octanol–water partition coefficient (Wildman–Crippen LogP) is 3.88. The van der Waals surface area contributed by atoms with Crippen LogP contribution in [0.15, 0.2) is 41.3 Å². The lowest BCUT2D eigenvalue weighted by molar-refractivity contribution is -0.141. The Labute approximate surface area is 196 Å². The first-order valence-corrected chi connectivity index (χ1v) is 13.3. The Morgan fingerprint density at radius 1 is 1.03 bits per heavy atom. The van der Waals surface area contributed by atoms with E-state index >= 15 is 0 Å². The monoisotopic (exact) mass is 477 g/mol. The van der Waals surface area contributed by atoms with E-state index in [-0.39, 0.29) is 29.3 Å². The van der Waals surface area contributed by atoms with Crippen molar-refractivity contribution >= 4 is 38.3 Å². The van der Waals surface area contributed by atoms with Crippen LogP contribution in [0.3, 0.4) is 0 Å². The minimum atomic E-state index is -3.70. The number of hydrogen-bond donors (Lipinski definition) is 1. The molecule has 2 aliphatic heterocycles. The van der Waals surface area contributed by atoms with Gasteiger partial charge >= 0.3 is 0 Å². The fourth-order valence-corrected chi connectivity index (χ4v) is 6.19. The number of likely N-dealkylation sites (tertiary alicyclic amines) is 2. The number of carbonyl (C=O) groups excluding carboxylic acids is 1. The van der Waals surface area contributed by atoms with E-state index in [0.29, 0.717) is 11.1 Å². The average molecular weight is 478 g/mol. The van der Waals surface area contributed by atoms with Crippen molar-refractivity contribution in [3.05, 3.63) is 41.4 Å². The molecule has 2 aromatic rings. The van der Waals surface area contributed by atoms with Crippen molar-refractivity contribution in [2.45, 2.75) is 56.5 Å². The Kier molecular flexibility index (Phi) is 7.10. The number of nitrogens with zero attached hydrogens (tertiary/aromatic N) is 2. The molecule has 32 heavy (non-hydrogen) atoms. The number of fused-ring (bicyclic) bond motifs is 1. The van der Waals surface area contributed by atoms with Gasteiger partial charge in [-0.3, -0.25) is 4.79 Å². The number of piperidine rings is 2. The molecule has 0 aromatic heterocycles. The van der Waals surface area contributed by atoms with E-state index in [4.69, 9.17) is 11.6 Å². The summed E-state index contributed by atoms with van der Waals surface area (Å²) in [5.74, 6) is -0.212. The summed E-state index contributed by atoms with van der Waals surface area (Å²) in [6.07, 6.45) is 3.62. The van der Waals surface area contributed by atoms with Crippen molar-refractivity contribution in [3.8, 4) is 0 Å². The van der Waals surface area contributed by atoms with Crippen LogP contribution in [-0.4, -0.2) is 62.4 Å². The molecule has 2 saturated heterocycles. The average Bonchev–Trinajstić information content (AvgIpc) is 2.78. The van der Waals surface area contributed by atoms with Crippen LogP contribution < -0.4 is 4.72 Å². The predicted molar refractivity (Wildman–Crippen MR) is 128 cm³/mol. The zero-order chi connectivity index (χ0) is 22.9. The second kappa shape index (κ2) is 9.67. The molecule has 8 heteroatoms. The molecular weight excluding hydrogens is 446 g/mol. The molecule has 4 rings (SSSR count). The van der Waals surface area contributed by atoms with Gasteiger partial charge in [-0.15, -0.1) is 0 Å². The molecule has 1 N–H and O–H groups in total. The van der Waals surface area contributed by atoms with E-state index in [1.165, 1.54) is 0 Å². The zero-order valence-electron chi connectivity index (χ0n) is 18.8. The summed E-state index contributed by atoms with van der Waals surface area (Å²) in [5.41, 5.74) is 0. The Morgan fingerprint density at radius 3 is 2.44 bits per heavy atom. The molecule has 1 amide bonds. The summed E-state index contributed by atoms with van der Waals surface area (Å²) in [4.78, 5) is 17.8. The Hall–Kier alpha value is -1.67. The summed E-state index contributed by atoms with van der Waals surface area (Å²) < 4.78 is 28.5. The van der Waals surface area contributed by atoms with Crippen LogP contribution in [0, 0.1) is 5.92 Å². The number of hydrogen-bond acceptors (Lipinski definition) is 4. The van der Waals surface area contributed by atoms with Gasteiger partial charge in [-0.05, 0) is 74.6 Å². The van der Waals surface area contributed by atoms with E-state index in [9.17, 15) is 13.2 Å². The van der Waals surface area contributed by atoms with Crippen molar-refractivity contribution in [1.29, 1.82) is 0 Å². The molecule has 0 aliphatic carbocycles. The topological polar surface area (TPSA) is 69.7 Å². The van der Waals surface area contributed by atoms with Gasteiger partial charge in [-0.25, -0.2) is 13.1 Å². The Balaban J connectivity index is 1.39. The highest BCUT2D eigenvalue weighted by atomic mass is 35.5. The van der Waals surface area contributed by atoms with Gasteiger partial charge in [0.05, 0.1) is 10.8 Å². The fraction of sp³-hybridized carbons (Fsp3) is 0.542. The standard InChI is InChI=1S/C24H32ClN3O3S/c1-17(2)27-12-9-22(10-13-27)28-11-3-4-20(24(28)29)16-26-32(30,31)23-8-6-18-14-21(25)7-5-19(18)15-23/h5-8,14-15,17,20,22,26H,3-4,9-13,16H2,1-2H3. The van der Waals surface area contributed by atoms with E-state index in [1.807, 2.05) is 17.0 Å². The van der Waals surface area contributed by atoms with E-state index in [0.717, 1.165) is 56.1 Å². The van der Waals surface area contributed by atoms with Crippen LogP contribution in [0.5, 0.6) is 0 Å². The summed E-state index contributed by atoms with van der Waals surface area (Å²) in [7, 11) is -3.70. The highest BCUT2D eigenvalue weighted by molar-refractivity contribution is 7.89. The largest absolute Gasteiger partial charge is 0.339 e. The zero-order valence-corrected chi connectivity index (χ0v) is 20.3. The molecule has 6 nitrogen and oxygen atoms in total. The summed E-state index contributed by atoms with van der Waals surface area (Å²) in [6.45, 7) is 7.36. The summed E-state index contributed by atoms with van der Waals surface area (Å²) in [5, 5.41) is 2.31. The van der Waals surface area contributed by atoms with Crippen molar-refractivity contribution in [1.82, 2.24) is 14.5 Å². The quantitative estimate of drug-likeness (QED) is 0.685. The molecule has 0 radical (unpaired) electrons. The normalized spacial score (nSPS) is 21.6. The summed E-state index contributed by atoms with van der Waals surface area (Å²) >= 11 is 6.02. The molecule has 174 valence electrons. The van der Waals surface area contributed by atoms with Crippen LogP contribution in [0.2, 0.25) is 5.02 Å². The molecule has 2 aromatic carbocycles. The van der Waals surface area contributed by atoms with Gasteiger partial charge in [-0.2, -0.15) is 0 Å². The smallest absolute Gasteiger partial charge is 0.240 e. The number of rotatable bonds is 6. The van der Waals surface area contributed by atoms with Gasteiger partial charge in [0, 0.05) is 43.3 Å². The van der Waals surface area contributed by atoms with Gasteiger partial charge in [0.2, 0.25) is 15.9 Å². The SMILES string of the molecule is CC(C)N1CCC(N2CCCC(CNS(=O)(=O)c3ccc4cc(Cl)ccc4c3)C2=O)CC1. The van der Waals surface area contributed by atoms with Gasteiger partial charge in [-0.1, -0.05) is 23.7 Å². The highest BCUT2D eigenvalue weighted by Gasteiger charge is 2.35. The number of nitrogens with one attached hydrogen (secondary N) is 1. The second-order valence-electron chi connectivity index (χ2n) is 9.24. The van der Waals surface area contributed by atoms with Crippen LogP contribution in [0.4, 0.5) is 0 Å². The maximum absolute atomic E-state index is 13.2. The lowest BCUT2D eigenvalue weighted by atomic mass is 9.93. The van der Waals surface area contributed by atoms with E-state index in [2.05, 4.69) is 23.5 Å². The molecule has 2 heterocycles. The summed E-state index contributed by atoms with van der Waals surface area (Å²) in [6, 6.07) is 11.1. The van der Waals surface area contributed by atoms with Crippen LogP contribution in [-0.2, 0) is 14.8 Å². The number of amides is 1. The highest BCUT2D eigenvalue weighted by Crippen LogP contribution is 2.26. The number of sulfonamides is 1. The van der Waals surface area contributed by atoms with E-state index < -0.39 is 10.0 Å². The van der Waals surface area contributed by atoms with Crippen LogP contribution >= 0.6 is 11.6 Å². The number of carbonyl (C=O) groups is 1. The first-order valence-electron chi connectivity index (χ1n) is 11.5. The van der Waals surface area contributed by atoms with Crippen molar-refractivity contribution in [2.75, 3.05) is 26.2 Å². The minimum Gasteiger partial charge on any atom is -0.339 e. The maximum Gasteiger partial charge on any atom is 0.240 e. The molecule has 0 bridgehead atoms. The fourth-order valence-electron chi connectivity index (χ4n) is 4.90. The van der Waals surface area contributed by atoms with Crippen LogP contribution in [0.25, 0.3) is 10.8 Å². The van der Waals surface area contributed by atoms with Crippen LogP contribution in [0.1, 0.15) is 39.5 Å². The molecule has 2 aliphatic rings. The van der Waals surface area contributed by atoms with Gasteiger partial charge in [0.1, 0.15) is 0 Å². The number of benzene rings is 2. The van der Waals surface area contributed by atoms with Crippen molar-refractivity contribution in [2.24, 2.45) is 5.92 Å². The lowest BCUT2D eigenvalue weighted by Gasteiger charge is -2.43. The third-order valence-electron chi connectivity index (χ3n) is 6.86. The lowest BCUT2D eigenvalue weighted by Crippen LogP contribution is -2.53. The van der Waals surface area contributed by atoms with Gasteiger partial charge in [0.25, 0.3) is 0 Å². The van der Waals surface area contributed by atoms with Crippen molar-refractivity contribution in [3.63, 3.8) is 0 Å². The second-order valence-corrected chi connectivity index (χ2v) is 11.4.